The van der Waals surface area contributed by atoms with Crippen molar-refractivity contribution >= 4 is 40.2 Å². The van der Waals surface area contributed by atoms with Crippen LogP contribution in [0.25, 0.3) is 22.7 Å². The number of aromatic nitrogens is 1. The summed E-state index contributed by atoms with van der Waals surface area (Å²) in [6.45, 7) is 8.84. The van der Waals surface area contributed by atoms with Crippen LogP contribution in [0, 0.1) is 0 Å². The van der Waals surface area contributed by atoms with Crippen molar-refractivity contribution in [3.63, 3.8) is 0 Å². The topological polar surface area (TPSA) is 19.6 Å². The second-order valence-corrected chi connectivity index (χ2v) is 12.5. The average molecular weight is 658 g/mol. The Morgan fingerprint density at radius 2 is 1.69 bits per heavy atom. The van der Waals surface area contributed by atoms with Crippen LogP contribution in [0.5, 0.6) is 5.75 Å². The zero-order valence-electron chi connectivity index (χ0n) is 26.0. The minimum absolute atomic E-state index is 0. The third-order valence-electron chi connectivity index (χ3n) is 8.06. The van der Waals surface area contributed by atoms with Crippen molar-refractivity contribution in [1.29, 1.82) is 0 Å². The number of hydrogen-bond acceptors (Lipinski definition) is 4. The Morgan fingerprint density at radius 1 is 0.952 bits per heavy atom. The third-order valence-corrected chi connectivity index (χ3v) is 9.23. The van der Waals surface area contributed by atoms with E-state index >= 15 is 0 Å². The van der Waals surface area contributed by atoms with Crippen LogP contribution in [-0.2, 0) is 32.7 Å². The first-order valence-corrected chi connectivity index (χ1v) is 15.6. The van der Waals surface area contributed by atoms with Crippen LogP contribution in [-0.4, -0.2) is 58.9 Å². The fourth-order valence-corrected chi connectivity index (χ4v) is 7.00. The number of fused-ring (bicyclic) bond motifs is 2. The van der Waals surface area contributed by atoms with Gasteiger partial charge in [0.05, 0.1) is 58.1 Å². The number of para-hydroxylation sites is 2. The van der Waals surface area contributed by atoms with Gasteiger partial charge in [0.25, 0.3) is 5.82 Å². The zero-order valence-corrected chi connectivity index (χ0v) is 29.7. The molecule has 4 aromatic rings. The zero-order chi connectivity index (χ0) is 29.0. The van der Waals surface area contributed by atoms with Crippen LogP contribution in [0.4, 0.5) is 11.5 Å². The smallest absolute Gasteiger partial charge is 0.282 e. The molecule has 0 amide bonds. The van der Waals surface area contributed by atoms with E-state index in [0.717, 1.165) is 47.5 Å². The van der Waals surface area contributed by atoms with Crippen LogP contribution in [0.15, 0.2) is 88.8 Å². The quantitative estimate of drug-likeness (QED) is 0.124. The Kier molecular flexibility index (Phi) is 11.2. The van der Waals surface area contributed by atoms with Gasteiger partial charge in [-0.3, -0.25) is 4.90 Å². The molecule has 42 heavy (non-hydrogen) atoms. The van der Waals surface area contributed by atoms with E-state index in [9.17, 15) is 0 Å². The van der Waals surface area contributed by atoms with Crippen LogP contribution in [0.2, 0.25) is 0 Å². The van der Waals surface area contributed by atoms with Crippen molar-refractivity contribution in [2.75, 3.05) is 64.2 Å². The molecule has 0 aliphatic carbocycles. The molecule has 5 rings (SSSR count). The summed E-state index contributed by atoms with van der Waals surface area (Å²) in [4.78, 5) is 6.14. The van der Waals surface area contributed by atoms with Gasteiger partial charge >= 0.3 is 0 Å². The standard InChI is InChI=1S/C35H44N4OS.Y/c1-7-22-39(4,5)23-14-21-37(8-2)34-24-27(25-35-36(3)31-17-12-13-18-33(31)41-35)30-20-19-29(40-6)26-32(30)38(34)28-15-10-9-11-16-28;/h9-13,15-20,24-26H,7-8,14,21-23H2,1-6H3;/q+2;. The maximum Gasteiger partial charge on any atom is 0.282 e. The Bertz CT molecular complexity index is 1540. The van der Waals surface area contributed by atoms with E-state index in [-0.39, 0.29) is 32.7 Å². The summed E-state index contributed by atoms with van der Waals surface area (Å²) in [7, 11) is 8.61. The van der Waals surface area contributed by atoms with Gasteiger partial charge in [-0.2, -0.15) is 4.57 Å². The number of pyridine rings is 1. The molecule has 0 unspecified atom stereocenters. The van der Waals surface area contributed by atoms with Gasteiger partial charge in [0, 0.05) is 68.6 Å². The van der Waals surface area contributed by atoms with Crippen LogP contribution >= 0.6 is 11.8 Å². The fraction of sp³-hybridized carbons (Fsp3) is 0.343. The van der Waals surface area contributed by atoms with E-state index in [1.165, 1.54) is 45.3 Å². The molecule has 0 fully saturated rings. The van der Waals surface area contributed by atoms with Gasteiger partial charge in [-0.15, -0.1) is 0 Å². The van der Waals surface area contributed by atoms with Gasteiger partial charge in [0.1, 0.15) is 17.0 Å². The van der Waals surface area contributed by atoms with Crippen molar-refractivity contribution in [3.8, 4) is 11.4 Å². The molecule has 1 radical (unpaired) electrons. The van der Waals surface area contributed by atoms with Gasteiger partial charge in [-0.1, -0.05) is 49.0 Å². The normalized spacial score (nSPS) is 13.8. The van der Waals surface area contributed by atoms with E-state index in [2.05, 4.69) is 134 Å². The summed E-state index contributed by atoms with van der Waals surface area (Å²) in [6.07, 6.45) is 4.70. The van der Waals surface area contributed by atoms with E-state index in [0.29, 0.717) is 0 Å². The second-order valence-electron chi connectivity index (χ2n) is 11.4. The van der Waals surface area contributed by atoms with Crippen LogP contribution in [0.1, 0.15) is 32.3 Å². The summed E-state index contributed by atoms with van der Waals surface area (Å²) in [5.74, 6) is 2.06. The maximum absolute atomic E-state index is 5.74. The van der Waals surface area contributed by atoms with Crippen molar-refractivity contribution in [2.24, 2.45) is 0 Å². The predicted molar refractivity (Wildman–Crippen MR) is 175 cm³/mol. The molecule has 2 heterocycles. The van der Waals surface area contributed by atoms with E-state index < -0.39 is 0 Å². The number of thioether (sulfide) groups is 1. The first-order valence-electron chi connectivity index (χ1n) is 14.8. The molecule has 1 aliphatic rings. The summed E-state index contributed by atoms with van der Waals surface area (Å²) >= 11 is 1.84. The number of rotatable bonds is 11. The summed E-state index contributed by atoms with van der Waals surface area (Å²) < 4.78 is 9.21. The molecular formula is C35H44N4OSY+2. The molecule has 0 atom stereocenters. The Hall–Kier alpha value is -2.38. The number of quaternary nitrogens is 1. The Balaban J connectivity index is 0.00000405. The van der Waals surface area contributed by atoms with Crippen LogP contribution in [0.3, 0.4) is 0 Å². The monoisotopic (exact) mass is 657 g/mol. The minimum Gasteiger partial charge on any atom is -0.497 e. The molecule has 1 aromatic heterocycles. The molecule has 0 bridgehead atoms. The van der Waals surface area contributed by atoms with Crippen molar-refractivity contribution in [2.45, 2.75) is 31.6 Å². The first kappa shape index (κ1) is 32.5. The molecule has 0 N–H and O–H groups in total. The van der Waals surface area contributed by atoms with E-state index in [4.69, 9.17) is 4.74 Å². The van der Waals surface area contributed by atoms with Crippen molar-refractivity contribution in [3.05, 3.63) is 89.5 Å². The summed E-state index contributed by atoms with van der Waals surface area (Å²) in [5.41, 5.74) is 4.77. The van der Waals surface area contributed by atoms with E-state index in [1.54, 1.807) is 7.11 Å². The van der Waals surface area contributed by atoms with Crippen molar-refractivity contribution < 1.29 is 46.5 Å². The largest absolute Gasteiger partial charge is 0.497 e. The molecule has 0 saturated heterocycles. The molecule has 217 valence electrons. The average Bonchev–Trinajstić information content (AvgIpc) is 3.30. The molecule has 5 nitrogen and oxygen atoms in total. The predicted octanol–water partition coefficient (Wildman–Crippen LogP) is 7.37. The van der Waals surface area contributed by atoms with Gasteiger partial charge in [-0.05, 0) is 61.4 Å². The first-order chi connectivity index (χ1) is 19.8. The molecule has 1 aliphatic heterocycles. The van der Waals surface area contributed by atoms with Gasteiger partial charge < -0.3 is 14.1 Å². The maximum atomic E-state index is 5.74. The second kappa shape index (κ2) is 14.4. The number of benzene rings is 3. The number of nitrogens with zero attached hydrogens (tertiary/aromatic N) is 4. The Labute approximate surface area is 281 Å². The SMILES string of the molecule is CCC[N+](C)(C)CCCN(CC)c1cc(C=C2Sc3ccccc3N2C)c2ccc(OC)cc2[n+]1-c1ccccc1.[Y]. The minimum atomic E-state index is 0. The number of hydrogen-bond donors (Lipinski definition) is 0. The number of ether oxygens (including phenoxy) is 1. The third kappa shape index (κ3) is 7.05. The number of anilines is 2. The molecular weight excluding hydrogens is 613 g/mol. The molecule has 0 spiro atoms. The van der Waals surface area contributed by atoms with E-state index in [1.807, 2.05) is 11.8 Å². The summed E-state index contributed by atoms with van der Waals surface area (Å²) in [6, 6.07) is 28.2. The molecule has 7 heteroatoms. The van der Waals surface area contributed by atoms with Gasteiger partial charge in [-0.25, -0.2) is 0 Å². The van der Waals surface area contributed by atoms with Gasteiger partial charge in [0.2, 0.25) is 0 Å². The fourth-order valence-electron chi connectivity index (χ4n) is 5.89. The molecule has 0 saturated carbocycles. The van der Waals surface area contributed by atoms with Crippen LogP contribution < -0.4 is 19.1 Å². The molecule has 3 aromatic carbocycles. The van der Waals surface area contributed by atoms with Crippen molar-refractivity contribution in [1.82, 2.24) is 0 Å². The summed E-state index contributed by atoms with van der Waals surface area (Å²) in [5, 5.41) is 2.43. The Morgan fingerprint density at radius 3 is 2.38 bits per heavy atom. The van der Waals surface area contributed by atoms with Gasteiger partial charge in [0.15, 0.2) is 0 Å². The number of methoxy groups -OCH3 is 1.